The Morgan fingerprint density at radius 2 is 2.16 bits per heavy atom. The molecule has 0 saturated heterocycles. The number of hydrogen-bond donors (Lipinski definition) is 0. The van der Waals surface area contributed by atoms with Crippen LogP contribution in [0.2, 0.25) is 5.02 Å². The molecule has 6 nitrogen and oxygen atoms in total. The molecule has 0 fully saturated rings. The molecule has 0 N–H and O–H groups in total. The molecule has 0 bridgehead atoms. The van der Waals surface area contributed by atoms with Crippen LogP contribution in [0.15, 0.2) is 24.5 Å². The van der Waals surface area contributed by atoms with Crippen molar-refractivity contribution in [1.29, 1.82) is 0 Å². The zero-order valence-corrected chi connectivity index (χ0v) is 14.9. The Morgan fingerprint density at radius 1 is 1.32 bits per heavy atom. The van der Waals surface area contributed by atoms with E-state index in [9.17, 15) is 4.79 Å². The monoisotopic (exact) mass is 355 g/mol. The number of fused-ring (bicyclic) bond motifs is 2. The Morgan fingerprint density at radius 3 is 3.00 bits per heavy atom. The molecule has 0 aliphatic carbocycles. The van der Waals surface area contributed by atoms with Crippen molar-refractivity contribution in [2.24, 2.45) is 0 Å². The van der Waals surface area contributed by atoms with E-state index in [-0.39, 0.29) is 5.91 Å². The average Bonchev–Trinajstić information content (AvgIpc) is 3.20. The third-order valence-corrected chi connectivity index (χ3v) is 5.08. The summed E-state index contributed by atoms with van der Waals surface area (Å²) in [4.78, 5) is 14.6. The maximum Gasteiger partial charge on any atom is 0.227 e. The van der Waals surface area contributed by atoms with E-state index in [1.54, 1.807) is 10.8 Å². The zero-order valence-electron chi connectivity index (χ0n) is 14.2. The first-order valence-corrected chi connectivity index (χ1v) is 8.67. The molecule has 1 aromatic carbocycles. The third kappa shape index (κ3) is 2.76. The lowest BCUT2D eigenvalue weighted by atomic mass is 10.0. The summed E-state index contributed by atoms with van der Waals surface area (Å²) in [5, 5.41) is 13.2. The summed E-state index contributed by atoms with van der Waals surface area (Å²) < 4.78 is 1.68. The number of amides is 1. The van der Waals surface area contributed by atoms with Gasteiger partial charge >= 0.3 is 0 Å². The second-order valence-electron chi connectivity index (χ2n) is 6.36. The molecule has 1 aliphatic rings. The predicted octanol–water partition coefficient (Wildman–Crippen LogP) is 2.92. The Balaban J connectivity index is 1.54. The second kappa shape index (κ2) is 6.11. The maximum absolute atomic E-state index is 12.7. The Kier molecular flexibility index (Phi) is 3.92. The van der Waals surface area contributed by atoms with Gasteiger partial charge in [0.25, 0.3) is 0 Å². The van der Waals surface area contributed by atoms with Gasteiger partial charge < -0.3 is 4.90 Å². The van der Waals surface area contributed by atoms with Crippen LogP contribution in [0.5, 0.6) is 0 Å². The Labute approximate surface area is 150 Å². The molecule has 2 aromatic heterocycles. The van der Waals surface area contributed by atoms with Crippen molar-refractivity contribution in [2.45, 2.75) is 33.1 Å². The average molecular weight is 356 g/mol. The minimum atomic E-state index is 0.126. The van der Waals surface area contributed by atoms with E-state index in [0.29, 0.717) is 24.4 Å². The molecular weight excluding hydrogens is 338 g/mol. The number of aryl methyl sites for hydroxylation is 2. The topological polar surface area (TPSA) is 63.4 Å². The number of carbonyl (C=O) groups is 1. The third-order valence-electron chi connectivity index (χ3n) is 4.84. The highest BCUT2D eigenvalue weighted by molar-refractivity contribution is 6.30. The van der Waals surface area contributed by atoms with Crippen LogP contribution < -0.4 is 4.90 Å². The van der Waals surface area contributed by atoms with Crippen LogP contribution in [0.4, 0.5) is 5.69 Å². The summed E-state index contributed by atoms with van der Waals surface area (Å²) in [5.41, 5.74) is 5.88. The fourth-order valence-electron chi connectivity index (χ4n) is 3.54. The molecular formula is C18H18ClN5O. The smallest absolute Gasteiger partial charge is 0.227 e. The first kappa shape index (κ1) is 16.0. The number of carbonyl (C=O) groups excluding carboxylic acids is 1. The molecule has 7 heteroatoms. The molecule has 4 rings (SSSR count). The quantitative estimate of drug-likeness (QED) is 0.724. The second-order valence-corrected chi connectivity index (χ2v) is 6.79. The van der Waals surface area contributed by atoms with Gasteiger partial charge in [0.15, 0.2) is 5.65 Å². The van der Waals surface area contributed by atoms with Gasteiger partial charge in [-0.05, 0) is 56.0 Å². The molecule has 3 aromatic rings. The standard InChI is InChI=1S/C18H18ClN5O/c1-11-15(12(2)22-24-10-20-21-18(11)24)4-6-17(25)23-8-7-13-9-14(19)3-5-16(13)23/h3,5,9-10H,4,6-8H2,1-2H3. The van der Waals surface area contributed by atoms with Crippen molar-refractivity contribution >= 4 is 28.8 Å². The first-order valence-electron chi connectivity index (χ1n) is 8.29. The molecule has 0 radical (unpaired) electrons. The van der Waals surface area contributed by atoms with Crippen molar-refractivity contribution in [3.63, 3.8) is 0 Å². The largest absolute Gasteiger partial charge is 0.312 e. The van der Waals surface area contributed by atoms with Crippen molar-refractivity contribution in [1.82, 2.24) is 19.8 Å². The van der Waals surface area contributed by atoms with Gasteiger partial charge in [-0.15, -0.1) is 10.2 Å². The lowest BCUT2D eigenvalue weighted by Crippen LogP contribution is -2.29. The van der Waals surface area contributed by atoms with Crippen LogP contribution in [0.1, 0.15) is 28.8 Å². The molecule has 128 valence electrons. The lowest BCUT2D eigenvalue weighted by molar-refractivity contribution is -0.118. The summed E-state index contributed by atoms with van der Waals surface area (Å²) in [6.07, 6.45) is 3.53. The van der Waals surface area contributed by atoms with Crippen molar-refractivity contribution in [3.8, 4) is 0 Å². The minimum Gasteiger partial charge on any atom is -0.312 e. The van der Waals surface area contributed by atoms with E-state index >= 15 is 0 Å². The molecule has 0 unspecified atom stereocenters. The fourth-order valence-corrected chi connectivity index (χ4v) is 3.74. The summed E-state index contributed by atoms with van der Waals surface area (Å²) in [6.45, 7) is 4.68. The van der Waals surface area contributed by atoms with Gasteiger partial charge in [0.2, 0.25) is 5.91 Å². The normalized spacial score (nSPS) is 13.5. The van der Waals surface area contributed by atoms with Gasteiger partial charge in [-0.1, -0.05) is 11.6 Å². The molecule has 3 heterocycles. The number of nitrogens with zero attached hydrogens (tertiary/aromatic N) is 5. The Hall–Kier alpha value is -2.47. The molecule has 25 heavy (non-hydrogen) atoms. The highest BCUT2D eigenvalue weighted by atomic mass is 35.5. The van der Waals surface area contributed by atoms with Gasteiger partial charge in [-0.25, -0.2) is 4.52 Å². The first-order chi connectivity index (χ1) is 12.0. The summed E-state index contributed by atoms with van der Waals surface area (Å²) in [7, 11) is 0. The number of hydrogen-bond acceptors (Lipinski definition) is 4. The highest BCUT2D eigenvalue weighted by Gasteiger charge is 2.25. The SMILES string of the molecule is Cc1nn2cnnc2c(C)c1CCC(=O)N1CCc2cc(Cl)ccc21. The van der Waals surface area contributed by atoms with Gasteiger partial charge in [0.05, 0.1) is 5.69 Å². The van der Waals surface area contributed by atoms with Crippen LogP contribution in [0.25, 0.3) is 5.65 Å². The van der Waals surface area contributed by atoms with Crippen LogP contribution in [-0.2, 0) is 17.6 Å². The van der Waals surface area contributed by atoms with Gasteiger partial charge in [0.1, 0.15) is 6.33 Å². The van der Waals surface area contributed by atoms with Gasteiger partial charge in [0, 0.05) is 29.2 Å². The van der Waals surface area contributed by atoms with E-state index in [1.165, 1.54) is 0 Å². The van der Waals surface area contributed by atoms with E-state index in [1.807, 2.05) is 36.9 Å². The molecule has 0 saturated carbocycles. The molecule has 0 atom stereocenters. The lowest BCUT2D eigenvalue weighted by Gasteiger charge is -2.18. The van der Waals surface area contributed by atoms with Gasteiger partial charge in [-0.2, -0.15) is 5.10 Å². The van der Waals surface area contributed by atoms with E-state index < -0.39 is 0 Å². The molecule has 1 aliphatic heterocycles. The van der Waals surface area contributed by atoms with E-state index in [0.717, 1.165) is 40.1 Å². The highest BCUT2D eigenvalue weighted by Crippen LogP contribution is 2.31. The van der Waals surface area contributed by atoms with Crippen LogP contribution in [0.3, 0.4) is 0 Å². The number of halogens is 1. The summed E-state index contributed by atoms with van der Waals surface area (Å²) in [5.74, 6) is 0.126. The van der Waals surface area contributed by atoms with Crippen molar-refractivity contribution in [2.75, 3.05) is 11.4 Å². The van der Waals surface area contributed by atoms with Crippen LogP contribution in [0, 0.1) is 13.8 Å². The van der Waals surface area contributed by atoms with Crippen molar-refractivity contribution < 1.29 is 4.79 Å². The zero-order chi connectivity index (χ0) is 17.6. The number of aromatic nitrogens is 4. The molecule has 1 amide bonds. The Bertz CT molecular complexity index is 981. The van der Waals surface area contributed by atoms with Crippen LogP contribution in [-0.4, -0.2) is 32.3 Å². The molecule has 0 spiro atoms. The predicted molar refractivity (Wildman–Crippen MR) is 96.1 cm³/mol. The van der Waals surface area contributed by atoms with Crippen molar-refractivity contribution in [3.05, 3.63) is 51.9 Å². The minimum absolute atomic E-state index is 0.126. The van der Waals surface area contributed by atoms with E-state index in [4.69, 9.17) is 11.6 Å². The van der Waals surface area contributed by atoms with Gasteiger partial charge in [-0.3, -0.25) is 4.79 Å². The van der Waals surface area contributed by atoms with E-state index in [2.05, 4.69) is 15.3 Å². The summed E-state index contributed by atoms with van der Waals surface area (Å²) >= 11 is 6.04. The number of rotatable bonds is 3. The summed E-state index contributed by atoms with van der Waals surface area (Å²) in [6, 6.07) is 5.72. The fraction of sp³-hybridized carbons (Fsp3) is 0.333. The van der Waals surface area contributed by atoms with Crippen LogP contribution >= 0.6 is 11.6 Å². The number of anilines is 1. The number of benzene rings is 1. The maximum atomic E-state index is 12.7.